The largest absolute Gasteiger partial charge is 0.363 e. The van der Waals surface area contributed by atoms with Gasteiger partial charge < -0.3 is 4.90 Å². The first-order chi connectivity index (χ1) is 7.23. The normalized spacial score (nSPS) is 11.4. The Kier molecular flexibility index (Phi) is 3.36. The highest BCUT2D eigenvalue weighted by molar-refractivity contribution is 6.00. The summed E-state index contributed by atoms with van der Waals surface area (Å²) < 4.78 is 0. The maximum absolute atomic E-state index is 12.1. The van der Waals surface area contributed by atoms with Gasteiger partial charge in [0.1, 0.15) is 5.82 Å². The van der Waals surface area contributed by atoms with Crippen LogP contribution in [0.4, 0.5) is 5.82 Å². The summed E-state index contributed by atoms with van der Waals surface area (Å²) in [6, 6.07) is 1.94. The second kappa shape index (κ2) is 4.24. The average Bonchev–Trinajstić information content (AvgIpc) is 2.15. The van der Waals surface area contributed by atoms with Crippen molar-refractivity contribution in [2.24, 2.45) is 5.41 Å². The van der Waals surface area contributed by atoms with Crippen LogP contribution in [0.2, 0.25) is 0 Å². The summed E-state index contributed by atoms with van der Waals surface area (Å²) in [6.07, 6.45) is 1.68. The molecule has 0 saturated carbocycles. The van der Waals surface area contributed by atoms with Crippen molar-refractivity contribution >= 4 is 11.6 Å². The fourth-order valence-corrected chi connectivity index (χ4v) is 1.43. The Morgan fingerprint density at radius 1 is 1.31 bits per heavy atom. The topological polar surface area (TPSA) is 33.2 Å². The summed E-state index contributed by atoms with van der Waals surface area (Å²) >= 11 is 0. The molecule has 0 bridgehead atoms. The van der Waals surface area contributed by atoms with Gasteiger partial charge in [0, 0.05) is 31.3 Å². The van der Waals surface area contributed by atoms with Gasteiger partial charge in [0.2, 0.25) is 0 Å². The Hall–Kier alpha value is -1.38. The maximum atomic E-state index is 12.1. The van der Waals surface area contributed by atoms with E-state index < -0.39 is 0 Å². The third-order valence-corrected chi connectivity index (χ3v) is 2.48. The second-order valence-corrected chi connectivity index (χ2v) is 5.33. The molecule has 0 atom stereocenters. The minimum atomic E-state index is -0.355. The van der Waals surface area contributed by atoms with Gasteiger partial charge in [-0.15, -0.1) is 0 Å². The molecule has 3 nitrogen and oxygen atoms in total. The van der Waals surface area contributed by atoms with Crippen LogP contribution in [0, 0.1) is 12.3 Å². The zero-order valence-electron chi connectivity index (χ0n) is 11.0. The third-order valence-electron chi connectivity index (χ3n) is 2.48. The molecule has 1 aromatic heterocycles. The Balaban J connectivity index is 3.14. The van der Waals surface area contributed by atoms with Gasteiger partial charge in [-0.3, -0.25) is 4.79 Å². The van der Waals surface area contributed by atoms with Crippen LogP contribution in [0.5, 0.6) is 0 Å². The number of hydrogen-bond acceptors (Lipinski definition) is 3. The van der Waals surface area contributed by atoms with E-state index in [1.807, 2.05) is 52.8 Å². The molecule has 1 aromatic rings. The summed E-state index contributed by atoms with van der Waals surface area (Å²) in [4.78, 5) is 18.3. The molecule has 0 aliphatic heterocycles. The van der Waals surface area contributed by atoms with Crippen LogP contribution in [0.1, 0.15) is 36.7 Å². The van der Waals surface area contributed by atoms with Crippen LogP contribution in [0.25, 0.3) is 0 Å². The summed E-state index contributed by atoms with van der Waals surface area (Å²) in [5.74, 6) is 1.02. The number of Topliss-reactive ketones (excluding diaryl/α,β-unsaturated/α-hetero) is 1. The predicted octanol–water partition coefficient (Wildman–Crippen LogP) is 2.68. The van der Waals surface area contributed by atoms with Gasteiger partial charge in [-0.05, 0) is 18.6 Å². The zero-order chi connectivity index (χ0) is 12.5. The molecule has 88 valence electrons. The summed E-state index contributed by atoms with van der Waals surface area (Å²) in [5, 5.41) is 0. The maximum Gasteiger partial charge on any atom is 0.169 e. The standard InChI is InChI=1S/C13H20N2O/c1-9-7-11(15(5)6)14-8-10(9)12(16)13(2,3)4/h7-8H,1-6H3. The molecule has 0 radical (unpaired) electrons. The molecule has 0 unspecified atom stereocenters. The van der Waals surface area contributed by atoms with Gasteiger partial charge in [0.05, 0.1) is 0 Å². The molecule has 3 heteroatoms. The number of carbonyl (C=O) groups excluding carboxylic acids is 1. The molecule has 1 rings (SSSR count). The van der Waals surface area contributed by atoms with Crippen LogP contribution >= 0.6 is 0 Å². The number of aromatic nitrogens is 1. The van der Waals surface area contributed by atoms with Crippen molar-refractivity contribution < 1.29 is 4.79 Å². The predicted molar refractivity (Wildman–Crippen MR) is 67.1 cm³/mol. The molecule has 0 aliphatic rings. The minimum Gasteiger partial charge on any atom is -0.363 e. The SMILES string of the molecule is Cc1cc(N(C)C)ncc1C(=O)C(C)(C)C. The average molecular weight is 220 g/mol. The molecule has 0 spiro atoms. The zero-order valence-corrected chi connectivity index (χ0v) is 11.0. The third kappa shape index (κ3) is 2.60. The summed E-state index contributed by atoms with van der Waals surface area (Å²) in [5.41, 5.74) is 1.35. The first kappa shape index (κ1) is 12.7. The highest BCUT2D eigenvalue weighted by atomic mass is 16.1. The summed E-state index contributed by atoms with van der Waals surface area (Å²) in [6.45, 7) is 7.73. The molecule has 0 saturated heterocycles. The minimum absolute atomic E-state index is 0.141. The number of ketones is 1. The van der Waals surface area contributed by atoms with E-state index in [1.165, 1.54) is 0 Å². The van der Waals surface area contributed by atoms with Gasteiger partial charge >= 0.3 is 0 Å². The van der Waals surface area contributed by atoms with Crippen LogP contribution in [-0.4, -0.2) is 24.9 Å². The van der Waals surface area contributed by atoms with E-state index in [9.17, 15) is 4.79 Å². The van der Waals surface area contributed by atoms with E-state index in [4.69, 9.17) is 0 Å². The van der Waals surface area contributed by atoms with E-state index >= 15 is 0 Å². The molecule has 16 heavy (non-hydrogen) atoms. The van der Waals surface area contributed by atoms with Gasteiger partial charge in [-0.2, -0.15) is 0 Å². The first-order valence-electron chi connectivity index (χ1n) is 5.42. The lowest BCUT2D eigenvalue weighted by Crippen LogP contribution is -2.22. The highest BCUT2D eigenvalue weighted by Crippen LogP contribution is 2.23. The monoisotopic (exact) mass is 220 g/mol. The molecular weight excluding hydrogens is 200 g/mol. The number of aryl methyl sites for hydroxylation is 1. The smallest absolute Gasteiger partial charge is 0.169 e. The van der Waals surface area contributed by atoms with Gasteiger partial charge in [-0.1, -0.05) is 20.8 Å². The van der Waals surface area contributed by atoms with Crippen molar-refractivity contribution in [3.63, 3.8) is 0 Å². The Morgan fingerprint density at radius 3 is 2.25 bits per heavy atom. The van der Waals surface area contributed by atoms with Gasteiger partial charge in [-0.25, -0.2) is 4.98 Å². The summed E-state index contributed by atoms with van der Waals surface area (Å²) in [7, 11) is 3.88. The lowest BCUT2D eigenvalue weighted by atomic mass is 9.85. The molecular formula is C13H20N2O. The van der Waals surface area contributed by atoms with Crippen molar-refractivity contribution in [2.45, 2.75) is 27.7 Å². The van der Waals surface area contributed by atoms with E-state index in [1.54, 1.807) is 6.20 Å². The first-order valence-corrected chi connectivity index (χ1v) is 5.42. The number of anilines is 1. The van der Waals surface area contributed by atoms with Gasteiger partial charge in [0.25, 0.3) is 0 Å². The number of pyridine rings is 1. The fourth-order valence-electron chi connectivity index (χ4n) is 1.43. The van der Waals surface area contributed by atoms with Crippen molar-refractivity contribution in [3.8, 4) is 0 Å². The molecule has 1 heterocycles. The highest BCUT2D eigenvalue weighted by Gasteiger charge is 2.24. The number of hydrogen-bond donors (Lipinski definition) is 0. The van der Waals surface area contributed by atoms with E-state index in [-0.39, 0.29) is 11.2 Å². The molecule has 0 aliphatic carbocycles. The molecule has 0 aromatic carbocycles. The molecule has 0 amide bonds. The van der Waals surface area contributed by atoms with Gasteiger partial charge in [0.15, 0.2) is 5.78 Å². The van der Waals surface area contributed by atoms with Crippen LogP contribution in [0.15, 0.2) is 12.3 Å². The number of rotatable bonds is 2. The number of nitrogens with zero attached hydrogens (tertiary/aromatic N) is 2. The lowest BCUT2D eigenvalue weighted by Gasteiger charge is -2.19. The lowest BCUT2D eigenvalue weighted by molar-refractivity contribution is 0.0857. The second-order valence-electron chi connectivity index (χ2n) is 5.33. The van der Waals surface area contributed by atoms with Crippen molar-refractivity contribution in [3.05, 3.63) is 23.4 Å². The number of carbonyl (C=O) groups is 1. The Morgan fingerprint density at radius 2 is 1.88 bits per heavy atom. The Labute approximate surface area is 97.5 Å². The molecule has 0 fully saturated rings. The van der Waals surface area contributed by atoms with E-state index in [0.29, 0.717) is 0 Å². The van der Waals surface area contributed by atoms with Crippen molar-refractivity contribution in [1.82, 2.24) is 4.98 Å². The molecule has 0 N–H and O–H groups in total. The van der Waals surface area contributed by atoms with Crippen LogP contribution < -0.4 is 4.90 Å². The van der Waals surface area contributed by atoms with E-state index in [2.05, 4.69) is 4.98 Å². The van der Waals surface area contributed by atoms with Crippen molar-refractivity contribution in [1.29, 1.82) is 0 Å². The van der Waals surface area contributed by atoms with E-state index in [0.717, 1.165) is 16.9 Å². The van der Waals surface area contributed by atoms with Crippen LogP contribution in [-0.2, 0) is 0 Å². The quantitative estimate of drug-likeness (QED) is 0.718. The van der Waals surface area contributed by atoms with Crippen molar-refractivity contribution in [2.75, 3.05) is 19.0 Å². The van der Waals surface area contributed by atoms with Crippen LogP contribution in [0.3, 0.4) is 0 Å². The Bertz CT molecular complexity index is 403. The fraction of sp³-hybridized carbons (Fsp3) is 0.538.